The number of hydrogen-bond acceptors (Lipinski definition) is 6. The van der Waals surface area contributed by atoms with Crippen molar-refractivity contribution >= 4 is 56.9 Å². The molecule has 30 heavy (non-hydrogen) atoms. The number of nitrogens with one attached hydrogen (secondary N) is 3. The lowest BCUT2D eigenvalue weighted by Gasteiger charge is -2.13. The van der Waals surface area contributed by atoms with Crippen LogP contribution in [-0.4, -0.2) is 28.5 Å². The minimum atomic E-state index is -2.11. The first-order chi connectivity index (χ1) is 14.5. The van der Waals surface area contributed by atoms with Crippen LogP contribution in [0.3, 0.4) is 0 Å². The van der Waals surface area contributed by atoms with Gasteiger partial charge in [0.2, 0.25) is 17.2 Å². The van der Waals surface area contributed by atoms with Gasteiger partial charge in [-0.05, 0) is 29.8 Å². The maximum Gasteiger partial charge on any atom is 0.232 e. The third kappa shape index (κ3) is 4.57. The van der Waals surface area contributed by atoms with Crippen molar-refractivity contribution in [3.05, 3.63) is 65.4 Å². The SMILES string of the molecule is Cn1ncc2cc(Nc3ncc(Cl)c(Nc4ccccc4CNS(=O)O)n3)ccc21. The highest BCUT2D eigenvalue weighted by Crippen LogP contribution is 2.27. The van der Waals surface area contributed by atoms with Gasteiger partial charge in [-0.15, -0.1) is 0 Å². The molecule has 0 spiro atoms. The molecule has 2 heterocycles. The number of para-hydroxylation sites is 1. The van der Waals surface area contributed by atoms with Crippen molar-refractivity contribution in [1.82, 2.24) is 24.5 Å². The summed E-state index contributed by atoms with van der Waals surface area (Å²) in [4.78, 5) is 8.71. The van der Waals surface area contributed by atoms with Crippen LogP contribution in [0.1, 0.15) is 5.56 Å². The number of rotatable bonds is 7. The number of benzene rings is 2. The van der Waals surface area contributed by atoms with Crippen LogP contribution in [0.5, 0.6) is 0 Å². The van der Waals surface area contributed by atoms with Crippen LogP contribution < -0.4 is 15.4 Å². The molecule has 0 bridgehead atoms. The van der Waals surface area contributed by atoms with Gasteiger partial charge in [0, 0.05) is 30.4 Å². The van der Waals surface area contributed by atoms with Gasteiger partial charge in [-0.3, -0.25) is 9.23 Å². The highest BCUT2D eigenvalue weighted by Gasteiger charge is 2.10. The van der Waals surface area contributed by atoms with E-state index in [-0.39, 0.29) is 6.54 Å². The number of aryl methyl sites for hydroxylation is 1. The van der Waals surface area contributed by atoms with E-state index in [2.05, 4.69) is 30.4 Å². The number of hydrogen-bond donors (Lipinski definition) is 4. The van der Waals surface area contributed by atoms with Gasteiger partial charge < -0.3 is 10.6 Å². The third-order valence-corrected chi connectivity index (χ3v) is 5.07. The largest absolute Gasteiger partial charge is 0.339 e. The molecular formula is C19H18ClN7O2S. The Kier molecular flexibility index (Phi) is 5.91. The molecule has 2 aromatic carbocycles. The Morgan fingerprint density at radius 1 is 1.17 bits per heavy atom. The molecule has 0 aliphatic heterocycles. The van der Waals surface area contributed by atoms with Crippen molar-refractivity contribution < 1.29 is 8.76 Å². The van der Waals surface area contributed by atoms with E-state index in [0.717, 1.165) is 22.2 Å². The fourth-order valence-electron chi connectivity index (χ4n) is 2.95. The summed E-state index contributed by atoms with van der Waals surface area (Å²) in [7, 11) is 1.89. The molecule has 0 radical (unpaired) electrons. The monoisotopic (exact) mass is 443 g/mol. The van der Waals surface area contributed by atoms with Crippen molar-refractivity contribution in [2.75, 3.05) is 10.6 Å². The second kappa shape index (κ2) is 8.76. The van der Waals surface area contributed by atoms with Gasteiger partial charge in [0.1, 0.15) is 5.02 Å². The fraction of sp³-hybridized carbons (Fsp3) is 0.105. The quantitative estimate of drug-likeness (QED) is 0.321. The fourth-order valence-corrected chi connectivity index (χ4v) is 3.37. The summed E-state index contributed by atoms with van der Waals surface area (Å²) in [5, 5.41) is 11.9. The molecule has 4 rings (SSSR count). The molecule has 1 atom stereocenters. The zero-order chi connectivity index (χ0) is 21.1. The summed E-state index contributed by atoms with van der Waals surface area (Å²) in [5.41, 5.74) is 3.33. The summed E-state index contributed by atoms with van der Waals surface area (Å²) >= 11 is 4.17. The van der Waals surface area contributed by atoms with Gasteiger partial charge in [0.05, 0.1) is 17.9 Å². The van der Waals surface area contributed by atoms with E-state index in [9.17, 15) is 4.21 Å². The third-order valence-electron chi connectivity index (χ3n) is 4.40. The Morgan fingerprint density at radius 3 is 2.83 bits per heavy atom. The highest BCUT2D eigenvalue weighted by molar-refractivity contribution is 7.77. The lowest BCUT2D eigenvalue weighted by molar-refractivity contribution is 0.549. The lowest BCUT2D eigenvalue weighted by Crippen LogP contribution is -2.16. The molecular weight excluding hydrogens is 426 g/mol. The maximum atomic E-state index is 10.9. The van der Waals surface area contributed by atoms with Crippen molar-refractivity contribution in [1.29, 1.82) is 0 Å². The van der Waals surface area contributed by atoms with Crippen molar-refractivity contribution in [2.45, 2.75) is 6.54 Å². The summed E-state index contributed by atoms with van der Waals surface area (Å²) < 4.78 is 24.2. The van der Waals surface area contributed by atoms with Gasteiger partial charge in [0.15, 0.2) is 5.82 Å². The first-order valence-electron chi connectivity index (χ1n) is 8.90. The van der Waals surface area contributed by atoms with Crippen molar-refractivity contribution in [3.63, 3.8) is 0 Å². The Labute approximate surface area is 179 Å². The van der Waals surface area contributed by atoms with Gasteiger partial charge in [-0.25, -0.2) is 13.9 Å². The second-order valence-electron chi connectivity index (χ2n) is 6.41. The molecule has 1 unspecified atom stereocenters. The van der Waals surface area contributed by atoms with E-state index >= 15 is 0 Å². The van der Waals surface area contributed by atoms with E-state index in [1.165, 1.54) is 6.20 Å². The smallest absolute Gasteiger partial charge is 0.232 e. The van der Waals surface area contributed by atoms with Gasteiger partial charge >= 0.3 is 0 Å². The molecule has 0 aliphatic carbocycles. The summed E-state index contributed by atoms with van der Waals surface area (Å²) in [6, 6.07) is 13.2. The standard InChI is InChI=1S/C19H18ClN7O2S/c1-27-17-7-6-14(8-13(17)9-22-27)24-19-21-11-15(20)18(26-19)25-16-5-3-2-4-12(16)10-23-30(28)29/h2-9,11,23H,10H2,1H3,(H,28,29)(H2,21,24,25,26). The summed E-state index contributed by atoms with van der Waals surface area (Å²) in [5.74, 6) is 0.784. The minimum Gasteiger partial charge on any atom is -0.339 e. The number of anilines is 4. The predicted octanol–water partition coefficient (Wildman–Crippen LogP) is 3.73. The molecule has 0 saturated heterocycles. The Morgan fingerprint density at radius 2 is 2.00 bits per heavy atom. The highest BCUT2D eigenvalue weighted by atomic mass is 35.5. The topological polar surface area (TPSA) is 117 Å². The lowest BCUT2D eigenvalue weighted by atomic mass is 10.2. The molecule has 4 N–H and O–H groups in total. The Balaban J connectivity index is 1.57. The van der Waals surface area contributed by atoms with E-state index in [4.69, 9.17) is 16.2 Å². The number of aromatic nitrogens is 4. The molecule has 11 heteroatoms. The second-order valence-corrected chi connectivity index (χ2v) is 7.60. The molecule has 0 amide bonds. The van der Waals surface area contributed by atoms with E-state index in [0.29, 0.717) is 22.5 Å². The first kappa shape index (κ1) is 20.2. The van der Waals surface area contributed by atoms with Gasteiger partial charge in [-0.1, -0.05) is 29.8 Å². The van der Waals surface area contributed by atoms with Crippen molar-refractivity contribution in [2.24, 2.45) is 7.05 Å². The molecule has 4 aromatic rings. The molecule has 9 nitrogen and oxygen atoms in total. The van der Waals surface area contributed by atoms with E-state index in [1.54, 1.807) is 10.9 Å². The predicted molar refractivity (Wildman–Crippen MR) is 118 cm³/mol. The van der Waals surface area contributed by atoms with Crippen LogP contribution in [0, 0.1) is 0 Å². The average molecular weight is 444 g/mol. The zero-order valence-corrected chi connectivity index (χ0v) is 17.4. The van der Waals surface area contributed by atoms with Crippen LogP contribution in [-0.2, 0) is 24.9 Å². The van der Waals surface area contributed by atoms with Crippen LogP contribution in [0.4, 0.5) is 23.1 Å². The van der Waals surface area contributed by atoms with Crippen LogP contribution >= 0.6 is 11.6 Å². The normalized spacial score (nSPS) is 12.1. The van der Waals surface area contributed by atoms with Crippen molar-refractivity contribution in [3.8, 4) is 0 Å². The average Bonchev–Trinajstić information content (AvgIpc) is 3.10. The van der Waals surface area contributed by atoms with Gasteiger partial charge in [-0.2, -0.15) is 10.1 Å². The number of halogens is 1. The molecule has 2 aromatic heterocycles. The molecule has 0 fully saturated rings. The van der Waals surface area contributed by atoms with E-state index < -0.39 is 11.3 Å². The summed E-state index contributed by atoms with van der Waals surface area (Å²) in [6.07, 6.45) is 3.30. The molecule has 0 saturated carbocycles. The zero-order valence-electron chi connectivity index (χ0n) is 15.8. The Hall–Kier alpha value is -3.05. The Bertz CT molecular complexity index is 1230. The maximum absolute atomic E-state index is 10.9. The summed E-state index contributed by atoms with van der Waals surface area (Å²) in [6.45, 7) is 0.200. The number of fused-ring (bicyclic) bond motifs is 1. The van der Waals surface area contributed by atoms with Crippen LogP contribution in [0.2, 0.25) is 5.02 Å². The minimum absolute atomic E-state index is 0.200. The van der Waals surface area contributed by atoms with Crippen LogP contribution in [0.15, 0.2) is 54.9 Å². The molecule has 0 aliphatic rings. The number of nitrogens with zero attached hydrogens (tertiary/aromatic N) is 4. The van der Waals surface area contributed by atoms with Crippen LogP contribution in [0.25, 0.3) is 10.9 Å². The van der Waals surface area contributed by atoms with Gasteiger partial charge in [0.25, 0.3) is 0 Å². The first-order valence-corrected chi connectivity index (χ1v) is 10.4. The molecule has 154 valence electrons. The van der Waals surface area contributed by atoms with E-state index in [1.807, 2.05) is 49.5 Å².